The Morgan fingerprint density at radius 2 is 1.92 bits per heavy atom. The van der Waals surface area contributed by atoms with Crippen LogP contribution in [0.2, 0.25) is 5.02 Å². The molecule has 292 valence electrons. The van der Waals surface area contributed by atoms with E-state index in [9.17, 15) is 29.1 Å². The lowest BCUT2D eigenvalue weighted by Crippen LogP contribution is -2.60. The number of amides is 3. The van der Waals surface area contributed by atoms with Gasteiger partial charge in [-0.1, -0.05) is 62.2 Å². The number of nitrogens with one attached hydrogen (secondary N) is 1. The van der Waals surface area contributed by atoms with E-state index in [4.69, 9.17) is 25.8 Å². The smallest absolute Gasteiger partial charge is 0.409 e. The Morgan fingerprint density at radius 3 is 2.60 bits per heavy atom. The van der Waals surface area contributed by atoms with E-state index in [-0.39, 0.29) is 36.9 Å². The zero-order valence-corrected chi connectivity index (χ0v) is 33.8. The van der Waals surface area contributed by atoms with Gasteiger partial charge in [0.2, 0.25) is 11.8 Å². The molecule has 3 aliphatic heterocycles. The molecule has 4 bridgehead atoms. The number of esters is 1. The number of alkyl carbamates (subject to hydrolysis) is 1. The first-order chi connectivity index (χ1) is 24.8. The third-order valence-electron chi connectivity index (χ3n) is 10.8. The molecule has 0 aromatic heterocycles. The fraction of sp³-hybridized carbons (Fsp3) is 0.615. The minimum absolute atomic E-state index is 0.0641. The number of allylic oxidation sites excluding steroid dienone is 3. The Hall–Kier alpha value is -3.39. The molecule has 0 saturated carbocycles. The number of aliphatic hydroxyl groups is 1. The molecule has 12 nitrogen and oxygen atoms in total. The maximum Gasteiger partial charge on any atom is 0.409 e. The number of benzene rings is 1. The number of carbonyl (C=O) groups excluding carboxylic acids is 5. The highest BCUT2D eigenvalue weighted by atomic mass is 35.5. The lowest BCUT2D eigenvalue weighted by Gasteiger charge is -2.41. The van der Waals surface area contributed by atoms with E-state index in [0.29, 0.717) is 35.1 Å². The number of rotatable bonds is 9. The first kappa shape index (κ1) is 42.4. The van der Waals surface area contributed by atoms with Crippen LogP contribution in [0.15, 0.2) is 35.9 Å². The second-order valence-corrected chi connectivity index (χ2v) is 16.3. The molecule has 53 heavy (non-hydrogen) atoms. The topological polar surface area (TPSA) is 155 Å². The SMILES string of the molecule is CCC(=O)CSCCC(=O)N(C)[C@@H](C)C(=O)O[C@H]1CC(=O)N(C)c2cc(cc(C)c2Cl)C/C(C)=C/C=C/[C@@H](C)[C@@]2(O)CC(OC(=O)N2)[C@@H](C)[C@@H]2O[C@@]12C. The molecule has 3 aliphatic rings. The summed E-state index contributed by atoms with van der Waals surface area (Å²) in [7, 11) is 3.13. The van der Waals surface area contributed by atoms with Crippen molar-refractivity contribution in [2.24, 2.45) is 11.8 Å². The number of ether oxygens (including phenoxy) is 3. The highest BCUT2D eigenvalue weighted by Gasteiger charge is 2.64. The van der Waals surface area contributed by atoms with Gasteiger partial charge in [0.1, 0.15) is 35.4 Å². The summed E-state index contributed by atoms with van der Waals surface area (Å²) in [6.07, 6.45) is 3.29. The normalized spacial score (nSPS) is 31.2. The summed E-state index contributed by atoms with van der Waals surface area (Å²) in [5, 5.41) is 14.7. The molecule has 8 atom stereocenters. The van der Waals surface area contributed by atoms with Crippen LogP contribution in [-0.4, -0.2) is 101 Å². The summed E-state index contributed by atoms with van der Waals surface area (Å²) in [5.74, 6) is -1.50. The van der Waals surface area contributed by atoms with Crippen molar-refractivity contribution in [1.29, 1.82) is 0 Å². The summed E-state index contributed by atoms with van der Waals surface area (Å²) in [5.41, 5.74) is 0.455. The van der Waals surface area contributed by atoms with E-state index in [0.717, 1.165) is 16.7 Å². The van der Waals surface area contributed by atoms with Crippen LogP contribution in [0.1, 0.15) is 78.4 Å². The molecule has 14 heteroatoms. The number of hydrogen-bond acceptors (Lipinski definition) is 10. The maximum atomic E-state index is 14.1. The first-order valence-corrected chi connectivity index (χ1v) is 19.7. The van der Waals surface area contributed by atoms with Crippen molar-refractivity contribution in [3.05, 3.63) is 52.1 Å². The van der Waals surface area contributed by atoms with Gasteiger partial charge in [-0.25, -0.2) is 9.59 Å². The third kappa shape index (κ3) is 10.0. The number of anilines is 1. The molecule has 3 heterocycles. The van der Waals surface area contributed by atoms with Crippen LogP contribution in [0.4, 0.5) is 10.5 Å². The largest absolute Gasteiger partial charge is 0.457 e. The number of nitrogens with zero attached hydrogens (tertiary/aromatic N) is 2. The van der Waals surface area contributed by atoms with Crippen LogP contribution in [0.3, 0.4) is 0 Å². The zero-order valence-electron chi connectivity index (χ0n) is 32.2. The molecular weight excluding hydrogens is 722 g/mol. The molecule has 1 aromatic carbocycles. The Kier molecular flexibility index (Phi) is 13.9. The molecule has 0 spiro atoms. The van der Waals surface area contributed by atoms with Gasteiger partial charge in [-0.05, 0) is 51.3 Å². The molecule has 2 saturated heterocycles. The highest BCUT2D eigenvalue weighted by Crippen LogP contribution is 2.49. The van der Waals surface area contributed by atoms with Crippen LogP contribution in [0.25, 0.3) is 0 Å². The molecule has 2 N–H and O–H groups in total. The van der Waals surface area contributed by atoms with Crippen LogP contribution < -0.4 is 10.2 Å². The number of aryl methyl sites for hydroxylation is 1. The Morgan fingerprint density at radius 1 is 1.23 bits per heavy atom. The average molecular weight is 776 g/mol. The van der Waals surface area contributed by atoms with Crippen molar-refractivity contribution >= 4 is 58.7 Å². The van der Waals surface area contributed by atoms with Crippen molar-refractivity contribution in [1.82, 2.24) is 10.2 Å². The number of fused-ring (bicyclic) bond motifs is 5. The van der Waals surface area contributed by atoms with Gasteiger partial charge in [-0.3, -0.25) is 19.7 Å². The monoisotopic (exact) mass is 775 g/mol. The molecule has 2 fully saturated rings. The molecule has 1 aromatic rings. The minimum Gasteiger partial charge on any atom is -0.457 e. The van der Waals surface area contributed by atoms with Gasteiger partial charge in [0.15, 0.2) is 0 Å². The van der Waals surface area contributed by atoms with E-state index in [2.05, 4.69) is 5.32 Å². The molecule has 0 aliphatic carbocycles. The summed E-state index contributed by atoms with van der Waals surface area (Å²) in [6, 6.07) is 2.84. The predicted molar refractivity (Wildman–Crippen MR) is 205 cm³/mol. The van der Waals surface area contributed by atoms with Crippen LogP contribution in [0, 0.1) is 18.8 Å². The van der Waals surface area contributed by atoms with Gasteiger partial charge in [0, 0.05) is 50.9 Å². The van der Waals surface area contributed by atoms with E-state index in [1.807, 2.05) is 58.1 Å². The first-order valence-electron chi connectivity index (χ1n) is 18.1. The fourth-order valence-corrected chi connectivity index (χ4v) is 7.91. The number of carbonyl (C=O) groups is 5. The van der Waals surface area contributed by atoms with Crippen molar-refractivity contribution in [3.8, 4) is 0 Å². The lowest BCUT2D eigenvalue weighted by atomic mass is 9.82. The van der Waals surface area contributed by atoms with Crippen molar-refractivity contribution in [2.45, 2.75) is 116 Å². The predicted octanol–water partition coefficient (Wildman–Crippen LogP) is 5.54. The van der Waals surface area contributed by atoms with E-state index < -0.39 is 59.6 Å². The fourth-order valence-electron chi connectivity index (χ4n) is 6.78. The van der Waals surface area contributed by atoms with Crippen LogP contribution in [0.5, 0.6) is 0 Å². The second kappa shape index (κ2) is 17.4. The standard InChI is InChI=1S/C39H54ClN3O9S/c1-10-28(44)21-53-15-14-32(45)42(8)26(6)36(47)51-31-19-33(46)43(9)29-18-27(17-23(3)34(29)40)16-22(2)12-11-13-24(4)39(49)20-30(50-37(48)41-39)25(5)35-38(31,7)52-35/h11-13,17-18,24-26,30-31,35,49H,10,14-16,19-21H2,1-9H3,(H,41,48)/b13-11+,22-12+/t24-,25-,26+,30?,31+,35+,38+,39+/m1/s1. The Bertz CT molecular complexity index is 1650. The summed E-state index contributed by atoms with van der Waals surface area (Å²) < 4.78 is 18.0. The van der Waals surface area contributed by atoms with E-state index >= 15 is 0 Å². The molecule has 3 amide bonds. The second-order valence-electron chi connectivity index (χ2n) is 14.8. The molecular formula is C39H54ClN3O9S. The number of likely N-dealkylation sites (N-methyl/N-ethyl adjacent to an activating group) is 1. The summed E-state index contributed by atoms with van der Waals surface area (Å²) in [4.78, 5) is 68.0. The molecule has 4 rings (SSSR count). The van der Waals surface area contributed by atoms with Crippen molar-refractivity contribution in [3.63, 3.8) is 0 Å². The van der Waals surface area contributed by atoms with Gasteiger partial charge >= 0.3 is 12.1 Å². The quantitative estimate of drug-likeness (QED) is 0.186. The number of halogens is 1. The number of thioether (sulfide) groups is 1. The summed E-state index contributed by atoms with van der Waals surface area (Å²) >= 11 is 8.14. The van der Waals surface area contributed by atoms with E-state index in [1.54, 1.807) is 27.8 Å². The highest BCUT2D eigenvalue weighted by molar-refractivity contribution is 7.99. The van der Waals surface area contributed by atoms with Gasteiger partial charge in [0.05, 0.1) is 29.0 Å². The minimum atomic E-state index is -1.61. The van der Waals surface area contributed by atoms with Crippen LogP contribution >= 0.6 is 23.4 Å². The molecule has 0 radical (unpaired) electrons. The Labute approximate surface area is 322 Å². The number of Topliss-reactive ketones (excluding diaryl/α,β-unsaturated/α-hetero) is 1. The number of epoxide rings is 1. The third-order valence-corrected chi connectivity index (χ3v) is 12.3. The average Bonchev–Trinajstić information content (AvgIpc) is 3.80. The summed E-state index contributed by atoms with van der Waals surface area (Å²) in [6.45, 7) is 12.6. The lowest BCUT2D eigenvalue weighted by molar-refractivity contribution is -0.161. The van der Waals surface area contributed by atoms with Gasteiger partial charge in [-0.15, -0.1) is 0 Å². The van der Waals surface area contributed by atoms with Crippen LogP contribution in [-0.2, 0) is 39.8 Å². The van der Waals surface area contributed by atoms with Crippen molar-refractivity contribution in [2.75, 3.05) is 30.5 Å². The van der Waals surface area contributed by atoms with Gasteiger partial charge in [0.25, 0.3) is 0 Å². The number of hydrogen-bond donors (Lipinski definition) is 2. The maximum absolute atomic E-state index is 14.1. The van der Waals surface area contributed by atoms with Crippen molar-refractivity contribution < 1.29 is 43.3 Å². The van der Waals surface area contributed by atoms with E-state index in [1.165, 1.54) is 28.6 Å². The van der Waals surface area contributed by atoms with Gasteiger partial charge < -0.3 is 29.1 Å². The zero-order chi connectivity index (χ0) is 39.4. The molecule has 1 unspecified atom stereocenters. The Balaban J connectivity index is 1.65. The number of ketones is 1. The van der Waals surface area contributed by atoms with Gasteiger partial charge in [-0.2, -0.15) is 11.8 Å².